The summed E-state index contributed by atoms with van der Waals surface area (Å²) in [5, 5.41) is 0. The second kappa shape index (κ2) is 6.36. The number of rotatable bonds is 7. The molecule has 72 valence electrons. The van der Waals surface area contributed by atoms with E-state index in [4.69, 9.17) is 13.3 Å². The fraction of sp³-hybridized carbons (Fsp3) is 0.750. The third-order valence-electron chi connectivity index (χ3n) is 1.70. The normalized spacial score (nSPS) is 11.6. The Morgan fingerprint density at radius 1 is 1.33 bits per heavy atom. The summed E-state index contributed by atoms with van der Waals surface area (Å²) in [5.74, 6) is 0. The maximum atomic E-state index is 5.54. The molecule has 0 unspecified atom stereocenters. The first-order valence-electron chi connectivity index (χ1n) is 4.09. The van der Waals surface area contributed by atoms with Gasteiger partial charge in [0.1, 0.15) is 0 Å². The predicted molar refractivity (Wildman–Crippen MR) is 51.0 cm³/mol. The van der Waals surface area contributed by atoms with Gasteiger partial charge in [0.2, 0.25) is 0 Å². The van der Waals surface area contributed by atoms with Gasteiger partial charge in [-0.25, -0.2) is 0 Å². The molecule has 3 nitrogen and oxygen atoms in total. The van der Waals surface area contributed by atoms with Gasteiger partial charge in [0.05, 0.1) is 0 Å². The lowest BCUT2D eigenvalue weighted by Crippen LogP contribution is -2.43. The van der Waals surface area contributed by atoms with Crippen LogP contribution < -0.4 is 0 Å². The van der Waals surface area contributed by atoms with E-state index < -0.39 is 8.80 Å². The van der Waals surface area contributed by atoms with Crippen LogP contribution >= 0.6 is 0 Å². The van der Waals surface area contributed by atoms with Crippen molar-refractivity contribution in [2.75, 3.05) is 20.8 Å². The fourth-order valence-corrected chi connectivity index (χ4v) is 2.50. The van der Waals surface area contributed by atoms with E-state index in [-0.39, 0.29) is 0 Å². The predicted octanol–water partition coefficient (Wildman–Crippen LogP) is 1.83. The smallest absolute Gasteiger partial charge is 0.377 e. The Kier molecular flexibility index (Phi) is 6.28. The second-order valence-electron chi connectivity index (χ2n) is 2.37. The van der Waals surface area contributed by atoms with Crippen LogP contribution in [0.1, 0.15) is 13.3 Å². The molecular formula is C8H18O3Si. The van der Waals surface area contributed by atoms with E-state index in [0.717, 1.165) is 12.5 Å². The van der Waals surface area contributed by atoms with E-state index in [2.05, 4.69) is 6.58 Å². The van der Waals surface area contributed by atoms with Gasteiger partial charge in [-0.1, -0.05) is 13.0 Å². The van der Waals surface area contributed by atoms with Gasteiger partial charge in [-0.3, -0.25) is 0 Å². The minimum atomic E-state index is -2.30. The van der Waals surface area contributed by atoms with Gasteiger partial charge in [-0.2, -0.15) is 0 Å². The van der Waals surface area contributed by atoms with Gasteiger partial charge in [-0.15, -0.1) is 6.58 Å². The van der Waals surface area contributed by atoms with Gasteiger partial charge < -0.3 is 13.3 Å². The SMILES string of the molecule is C=CCCO[Si](CC)(OC)OC. The lowest BCUT2D eigenvalue weighted by atomic mass is 10.5. The molecule has 0 aromatic carbocycles. The van der Waals surface area contributed by atoms with Gasteiger partial charge in [0.25, 0.3) is 0 Å². The Hall–Kier alpha value is -0.163. The van der Waals surface area contributed by atoms with E-state index in [0.29, 0.717) is 6.61 Å². The fourth-order valence-electron chi connectivity index (χ4n) is 0.890. The van der Waals surface area contributed by atoms with Crippen LogP contribution in [0, 0.1) is 0 Å². The quantitative estimate of drug-likeness (QED) is 0.348. The van der Waals surface area contributed by atoms with Crippen LogP contribution in [-0.4, -0.2) is 29.6 Å². The Labute approximate surface area is 75.7 Å². The van der Waals surface area contributed by atoms with Crippen LogP contribution in [0.5, 0.6) is 0 Å². The van der Waals surface area contributed by atoms with E-state index in [1.54, 1.807) is 14.2 Å². The molecule has 0 fully saturated rings. The van der Waals surface area contributed by atoms with Crippen LogP contribution in [0.25, 0.3) is 0 Å². The minimum Gasteiger partial charge on any atom is -0.377 e. The molecule has 0 atom stereocenters. The van der Waals surface area contributed by atoms with E-state index in [1.165, 1.54) is 0 Å². The standard InChI is InChI=1S/C8H18O3Si/c1-5-7-8-11-12(6-2,9-3)10-4/h5H,1,6-8H2,2-4H3. The zero-order valence-electron chi connectivity index (χ0n) is 8.13. The van der Waals surface area contributed by atoms with Crippen molar-refractivity contribution < 1.29 is 13.3 Å². The van der Waals surface area contributed by atoms with Gasteiger partial charge >= 0.3 is 8.80 Å². The van der Waals surface area contributed by atoms with Crippen molar-refractivity contribution in [1.82, 2.24) is 0 Å². The minimum absolute atomic E-state index is 0.630. The van der Waals surface area contributed by atoms with Gasteiger partial charge in [-0.05, 0) is 6.42 Å². The van der Waals surface area contributed by atoms with Crippen molar-refractivity contribution in [3.05, 3.63) is 12.7 Å². The van der Waals surface area contributed by atoms with E-state index in [9.17, 15) is 0 Å². The molecule has 0 saturated heterocycles. The topological polar surface area (TPSA) is 27.7 Å². The molecule has 0 rings (SSSR count). The van der Waals surface area contributed by atoms with Crippen LogP contribution in [0.15, 0.2) is 12.7 Å². The molecule has 0 aromatic heterocycles. The first-order valence-corrected chi connectivity index (χ1v) is 6.03. The van der Waals surface area contributed by atoms with Crippen LogP contribution in [0.2, 0.25) is 6.04 Å². The highest BCUT2D eigenvalue weighted by Crippen LogP contribution is 2.12. The summed E-state index contributed by atoms with van der Waals surface area (Å²) in [6.07, 6.45) is 2.65. The summed E-state index contributed by atoms with van der Waals surface area (Å²) >= 11 is 0. The summed E-state index contributed by atoms with van der Waals surface area (Å²) < 4.78 is 16.0. The zero-order valence-corrected chi connectivity index (χ0v) is 9.13. The molecule has 0 aliphatic heterocycles. The highest BCUT2D eigenvalue weighted by molar-refractivity contribution is 6.60. The maximum Gasteiger partial charge on any atom is 0.500 e. The molecule has 0 spiro atoms. The first kappa shape index (κ1) is 11.8. The van der Waals surface area contributed by atoms with Crippen molar-refractivity contribution >= 4 is 8.80 Å². The van der Waals surface area contributed by atoms with Crippen molar-refractivity contribution in [2.45, 2.75) is 19.4 Å². The molecule has 0 N–H and O–H groups in total. The monoisotopic (exact) mass is 190 g/mol. The third-order valence-corrected chi connectivity index (χ3v) is 4.45. The molecule has 0 heterocycles. The molecule has 0 bridgehead atoms. The summed E-state index contributed by atoms with van der Waals surface area (Å²) in [7, 11) is 0.962. The molecule has 0 aliphatic rings. The molecular weight excluding hydrogens is 172 g/mol. The summed E-state index contributed by atoms with van der Waals surface area (Å²) in [6.45, 7) is 6.25. The Morgan fingerprint density at radius 3 is 2.25 bits per heavy atom. The van der Waals surface area contributed by atoms with Crippen molar-refractivity contribution in [1.29, 1.82) is 0 Å². The van der Waals surface area contributed by atoms with Gasteiger partial charge in [0.15, 0.2) is 0 Å². The highest BCUT2D eigenvalue weighted by Gasteiger charge is 2.36. The average Bonchev–Trinajstić information content (AvgIpc) is 2.14. The number of hydrogen-bond donors (Lipinski definition) is 0. The molecule has 0 radical (unpaired) electrons. The Bertz CT molecular complexity index is 115. The van der Waals surface area contributed by atoms with E-state index >= 15 is 0 Å². The summed E-state index contributed by atoms with van der Waals surface area (Å²) in [6, 6.07) is 0.803. The zero-order chi connectivity index (χ0) is 9.45. The average molecular weight is 190 g/mol. The molecule has 0 saturated carbocycles. The van der Waals surface area contributed by atoms with Crippen LogP contribution in [0.3, 0.4) is 0 Å². The largest absolute Gasteiger partial charge is 0.500 e. The molecule has 12 heavy (non-hydrogen) atoms. The summed E-state index contributed by atoms with van der Waals surface area (Å²) in [5.41, 5.74) is 0. The third kappa shape index (κ3) is 3.49. The van der Waals surface area contributed by atoms with E-state index in [1.807, 2.05) is 13.0 Å². The first-order chi connectivity index (χ1) is 5.74. The molecule has 4 heteroatoms. The van der Waals surface area contributed by atoms with Gasteiger partial charge in [0, 0.05) is 26.9 Å². The number of hydrogen-bond acceptors (Lipinski definition) is 3. The lowest BCUT2D eigenvalue weighted by Gasteiger charge is -2.24. The van der Waals surface area contributed by atoms with Crippen molar-refractivity contribution in [3.8, 4) is 0 Å². The highest BCUT2D eigenvalue weighted by atomic mass is 28.4. The Balaban J connectivity index is 3.84. The summed E-state index contributed by atoms with van der Waals surface area (Å²) in [4.78, 5) is 0. The molecule has 0 amide bonds. The lowest BCUT2D eigenvalue weighted by molar-refractivity contribution is 0.101. The molecule has 0 aliphatic carbocycles. The maximum absolute atomic E-state index is 5.54. The van der Waals surface area contributed by atoms with Crippen LogP contribution in [-0.2, 0) is 13.3 Å². The second-order valence-corrected chi connectivity index (χ2v) is 5.55. The molecule has 0 aromatic rings. The van der Waals surface area contributed by atoms with Crippen LogP contribution in [0.4, 0.5) is 0 Å². The Morgan fingerprint density at radius 2 is 1.92 bits per heavy atom. The van der Waals surface area contributed by atoms with Crippen molar-refractivity contribution in [3.63, 3.8) is 0 Å². The van der Waals surface area contributed by atoms with Crippen molar-refractivity contribution in [2.24, 2.45) is 0 Å².